The molecule has 1 heterocycles. The third-order valence-electron chi connectivity index (χ3n) is 5.88. The van der Waals surface area contributed by atoms with E-state index < -0.39 is 0 Å². The summed E-state index contributed by atoms with van der Waals surface area (Å²) in [4.78, 5) is 26.3. The zero-order valence-electron chi connectivity index (χ0n) is 17.8. The molecule has 3 aromatic rings. The van der Waals surface area contributed by atoms with Gasteiger partial charge in [0.2, 0.25) is 11.3 Å². The summed E-state index contributed by atoms with van der Waals surface area (Å²) in [5, 5.41) is 7.45. The first-order valence-corrected chi connectivity index (χ1v) is 10.7. The first-order chi connectivity index (χ1) is 14.9. The number of hydrogen-bond donors (Lipinski definition) is 1. The van der Waals surface area contributed by atoms with Gasteiger partial charge in [-0.25, -0.2) is 9.07 Å². The molecule has 0 bridgehead atoms. The summed E-state index contributed by atoms with van der Waals surface area (Å²) >= 11 is 0. The number of carbonyl (C=O) groups excluding carboxylic acids is 1. The van der Waals surface area contributed by atoms with Gasteiger partial charge in [-0.1, -0.05) is 49.1 Å². The van der Waals surface area contributed by atoms with E-state index in [1.54, 1.807) is 19.1 Å². The Bertz CT molecular complexity index is 1150. The molecule has 1 fully saturated rings. The largest absolute Gasteiger partial charge is 0.310 e. The third kappa shape index (κ3) is 4.43. The lowest BCUT2D eigenvalue weighted by Gasteiger charge is -2.23. The van der Waals surface area contributed by atoms with Gasteiger partial charge in [-0.05, 0) is 56.5 Å². The van der Waals surface area contributed by atoms with Gasteiger partial charge in [0.1, 0.15) is 17.3 Å². The van der Waals surface area contributed by atoms with Crippen LogP contribution < -0.4 is 10.7 Å². The summed E-state index contributed by atoms with van der Waals surface area (Å²) in [6, 6.07) is 13.4. The van der Waals surface area contributed by atoms with Crippen molar-refractivity contribution in [2.45, 2.75) is 46.0 Å². The van der Waals surface area contributed by atoms with Crippen molar-refractivity contribution in [3.05, 3.63) is 75.8 Å². The molecule has 31 heavy (non-hydrogen) atoms. The van der Waals surface area contributed by atoms with Crippen molar-refractivity contribution in [1.29, 1.82) is 0 Å². The minimum atomic E-state index is -0.368. The normalized spacial score (nSPS) is 14.4. The Morgan fingerprint density at radius 1 is 1.00 bits per heavy atom. The molecule has 1 amide bonds. The number of hydrogen-bond acceptors (Lipinski definition) is 3. The Morgan fingerprint density at radius 3 is 2.29 bits per heavy atom. The molecule has 1 saturated carbocycles. The number of aryl methyl sites for hydroxylation is 2. The van der Waals surface area contributed by atoms with Crippen molar-refractivity contribution in [2.24, 2.45) is 5.92 Å². The van der Waals surface area contributed by atoms with Gasteiger partial charge in [0.25, 0.3) is 0 Å². The van der Waals surface area contributed by atoms with Gasteiger partial charge < -0.3 is 5.32 Å². The van der Waals surface area contributed by atoms with E-state index >= 15 is 0 Å². The minimum absolute atomic E-state index is 0.0855. The maximum Gasteiger partial charge on any atom is 0.228 e. The molecule has 1 N–H and O–H groups in total. The number of anilines is 1. The fourth-order valence-electron chi connectivity index (χ4n) is 4.10. The predicted molar refractivity (Wildman–Crippen MR) is 120 cm³/mol. The predicted octanol–water partition coefficient (Wildman–Crippen LogP) is 5.17. The number of nitrogens with zero attached hydrogens (tertiary/aromatic N) is 2. The molecule has 2 aromatic carbocycles. The SMILES string of the molecule is Cc1ccc(-c2c(NC(=O)C3CCCCC3)n(-c3ccc(F)cc3)nc(C)c2=O)cc1. The highest BCUT2D eigenvalue weighted by atomic mass is 19.1. The number of rotatable bonds is 4. The fourth-order valence-corrected chi connectivity index (χ4v) is 4.10. The summed E-state index contributed by atoms with van der Waals surface area (Å²) in [5.41, 5.74) is 2.80. The molecule has 160 valence electrons. The Hall–Kier alpha value is -3.28. The molecular weight excluding hydrogens is 393 g/mol. The Morgan fingerprint density at radius 2 is 1.65 bits per heavy atom. The molecule has 1 aromatic heterocycles. The first-order valence-electron chi connectivity index (χ1n) is 10.7. The van der Waals surface area contributed by atoms with Crippen LogP contribution in [0.2, 0.25) is 0 Å². The highest BCUT2D eigenvalue weighted by Gasteiger charge is 2.25. The van der Waals surface area contributed by atoms with E-state index in [9.17, 15) is 14.0 Å². The van der Waals surface area contributed by atoms with Crippen LogP contribution in [0.1, 0.15) is 43.4 Å². The van der Waals surface area contributed by atoms with Crippen LogP contribution in [0, 0.1) is 25.6 Å². The van der Waals surface area contributed by atoms with Crippen LogP contribution in [0.25, 0.3) is 16.8 Å². The number of aromatic nitrogens is 2. The molecule has 4 rings (SSSR count). The van der Waals surface area contributed by atoms with Crippen molar-refractivity contribution in [1.82, 2.24) is 9.78 Å². The molecule has 0 saturated heterocycles. The van der Waals surface area contributed by atoms with E-state index in [0.29, 0.717) is 28.3 Å². The molecule has 0 aliphatic heterocycles. The molecule has 0 atom stereocenters. The summed E-state index contributed by atoms with van der Waals surface area (Å²) in [7, 11) is 0. The second-order valence-electron chi connectivity index (χ2n) is 8.22. The van der Waals surface area contributed by atoms with Crippen molar-refractivity contribution in [3.8, 4) is 16.8 Å². The standard InChI is InChI=1S/C25H26FN3O2/c1-16-8-10-18(11-9-16)22-23(30)17(2)28-29(21-14-12-20(26)13-15-21)24(22)27-25(31)19-6-4-3-5-7-19/h8-15,19H,3-7H2,1-2H3,(H,27,31). The topological polar surface area (TPSA) is 64.0 Å². The maximum absolute atomic E-state index is 13.5. The quantitative estimate of drug-likeness (QED) is 0.634. The van der Waals surface area contributed by atoms with Crippen LogP contribution in [0.5, 0.6) is 0 Å². The number of carbonyl (C=O) groups is 1. The van der Waals surface area contributed by atoms with Gasteiger partial charge >= 0.3 is 0 Å². The van der Waals surface area contributed by atoms with Gasteiger partial charge in [0.15, 0.2) is 0 Å². The van der Waals surface area contributed by atoms with Crippen LogP contribution in [-0.2, 0) is 4.79 Å². The van der Waals surface area contributed by atoms with Crippen LogP contribution in [0.3, 0.4) is 0 Å². The number of benzene rings is 2. The molecule has 1 aliphatic rings. The summed E-state index contributed by atoms with van der Waals surface area (Å²) in [5.74, 6) is -0.235. The van der Waals surface area contributed by atoms with Crippen molar-refractivity contribution in [3.63, 3.8) is 0 Å². The summed E-state index contributed by atoms with van der Waals surface area (Å²) in [6.45, 7) is 3.62. The average molecular weight is 420 g/mol. The molecule has 0 unspecified atom stereocenters. The van der Waals surface area contributed by atoms with Crippen LogP contribution >= 0.6 is 0 Å². The average Bonchev–Trinajstić information content (AvgIpc) is 2.78. The minimum Gasteiger partial charge on any atom is -0.310 e. The molecule has 5 nitrogen and oxygen atoms in total. The number of amides is 1. The van der Waals surface area contributed by atoms with Gasteiger partial charge in [-0.2, -0.15) is 5.10 Å². The zero-order valence-corrected chi connectivity index (χ0v) is 17.8. The molecule has 0 radical (unpaired) electrons. The highest BCUT2D eigenvalue weighted by Crippen LogP contribution is 2.30. The van der Waals surface area contributed by atoms with Crippen LogP contribution in [0.15, 0.2) is 53.3 Å². The maximum atomic E-state index is 13.5. The van der Waals surface area contributed by atoms with E-state index in [-0.39, 0.29) is 23.1 Å². The third-order valence-corrected chi connectivity index (χ3v) is 5.88. The van der Waals surface area contributed by atoms with Gasteiger partial charge in [-0.15, -0.1) is 0 Å². The molecular formula is C25H26FN3O2. The fraction of sp³-hybridized carbons (Fsp3) is 0.320. The lowest BCUT2D eigenvalue weighted by Crippen LogP contribution is -2.29. The van der Waals surface area contributed by atoms with Gasteiger partial charge in [-0.3, -0.25) is 9.59 Å². The van der Waals surface area contributed by atoms with E-state index in [2.05, 4.69) is 10.4 Å². The first kappa shape index (κ1) is 21.0. The highest BCUT2D eigenvalue weighted by molar-refractivity contribution is 5.96. The van der Waals surface area contributed by atoms with Crippen LogP contribution in [-0.4, -0.2) is 15.7 Å². The van der Waals surface area contributed by atoms with Gasteiger partial charge in [0, 0.05) is 5.92 Å². The van der Waals surface area contributed by atoms with E-state index in [0.717, 1.165) is 37.7 Å². The summed E-state index contributed by atoms with van der Waals surface area (Å²) < 4.78 is 15.1. The lowest BCUT2D eigenvalue weighted by atomic mass is 9.88. The number of nitrogens with one attached hydrogen (secondary N) is 1. The molecule has 6 heteroatoms. The Kier molecular flexibility index (Phi) is 5.98. The second kappa shape index (κ2) is 8.84. The molecule has 1 aliphatic carbocycles. The Balaban J connectivity index is 1.89. The van der Waals surface area contributed by atoms with Crippen molar-refractivity contribution >= 4 is 11.7 Å². The summed E-state index contributed by atoms with van der Waals surface area (Å²) in [6.07, 6.45) is 4.88. The van der Waals surface area contributed by atoms with E-state index in [1.807, 2.05) is 31.2 Å². The lowest BCUT2D eigenvalue weighted by molar-refractivity contribution is -0.120. The zero-order chi connectivity index (χ0) is 22.0. The number of halogens is 1. The molecule has 0 spiro atoms. The van der Waals surface area contributed by atoms with Crippen LogP contribution in [0.4, 0.5) is 10.2 Å². The smallest absolute Gasteiger partial charge is 0.228 e. The van der Waals surface area contributed by atoms with Gasteiger partial charge in [0.05, 0.1) is 11.3 Å². The monoisotopic (exact) mass is 419 g/mol. The second-order valence-corrected chi connectivity index (χ2v) is 8.22. The van der Waals surface area contributed by atoms with Crippen molar-refractivity contribution in [2.75, 3.05) is 5.32 Å². The van der Waals surface area contributed by atoms with E-state index in [1.165, 1.54) is 16.8 Å². The van der Waals surface area contributed by atoms with E-state index in [4.69, 9.17) is 0 Å². The van der Waals surface area contributed by atoms with Crippen molar-refractivity contribution < 1.29 is 9.18 Å². The Labute approximate surface area is 180 Å².